The summed E-state index contributed by atoms with van der Waals surface area (Å²) >= 11 is 3.14. The fourth-order valence-electron chi connectivity index (χ4n) is 3.80. The molecule has 2 aromatic heterocycles. The molecule has 132 valence electrons. The van der Waals surface area contributed by atoms with Crippen molar-refractivity contribution in [3.8, 4) is 0 Å². The van der Waals surface area contributed by atoms with Gasteiger partial charge in [-0.2, -0.15) is 0 Å². The Hall–Kier alpha value is -1.40. The summed E-state index contributed by atoms with van der Waals surface area (Å²) in [5, 5.41) is 1.42. The zero-order valence-electron chi connectivity index (χ0n) is 14.3. The fourth-order valence-corrected chi connectivity index (χ4v) is 6.33. The van der Waals surface area contributed by atoms with E-state index >= 15 is 0 Å². The topological polar surface area (TPSA) is 52.0 Å². The fraction of sp³-hybridized carbons (Fsp3) is 0.526. The number of Topliss-reactive ketones (excluding diaryl/α,β-unsaturated/α-hetero) is 1. The summed E-state index contributed by atoms with van der Waals surface area (Å²) < 4.78 is 1.71. The molecule has 4 rings (SSSR count). The number of carbonyl (C=O) groups excluding carboxylic acids is 1. The van der Waals surface area contributed by atoms with Crippen molar-refractivity contribution in [2.75, 3.05) is 0 Å². The average molecular weight is 375 g/mol. The van der Waals surface area contributed by atoms with E-state index in [0.29, 0.717) is 23.9 Å². The predicted molar refractivity (Wildman–Crippen MR) is 104 cm³/mol. The SMILES string of the molecule is C=CCn1c(S[C@@H]2CCCCC2=O)nc2sc3c(c2c1=O)CCCC3. The second kappa shape index (κ2) is 7.08. The van der Waals surface area contributed by atoms with Crippen molar-refractivity contribution in [2.45, 2.75) is 68.3 Å². The molecule has 0 bridgehead atoms. The molecular weight excluding hydrogens is 352 g/mol. The lowest BCUT2D eigenvalue weighted by Crippen LogP contribution is -2.26. The van der Waals surface area contributed by atoms with Crippen LogP contribution in [0.15, 0.2) is 22.6 Å². The van der Waals surface area contributed by atoms with Crippen LogP contribution in [0.25, 0.3) is 10.2 Å². The predicted octanol–water partition coefficient (Wildman–Crippen LogP) is 4.13. The molecule has 1 fully saturated rings. The van der Waals surface area contributed by atoms with Gasteiger partial charge in [0.25, 0.3) is 5.56 Å². The van der Waals surface area contributed by atoms with Crippen molar-refractivity contribution in [2.24, 2.45) is 0 Å². The molecule has 2 aliphatic carbocycles. The van der Waals surface area contributed by atoms with Gasteiger partial charge in [0.15, 0.2) is 5.16 Å². The molecule has 25 heavy (non-hydrogen) atoms. The van der Waals surface area contributed by atoms with Crippen LogP contribution in [-0.2, 0) is 24.2 Å². The Morgan fingerprint density at radius 2 is 2.00 bits per heavy atom. The van der Waals surface area contributed by atoms with Gasteiger partial charge < -0.3 is 0 Å². The molecule has 0 saturated heterocycles. The van der Waals surface area contributed by atoms with Crippen LogP contribution < -0.4 is 5.56 Å². The molecule has 0 N–H and O–H groups in total. The maximum absolute atomic E-state index is 13.2. The Morgan fingerprint density at radius 3 is 2.80 bits per heavy atom. The number of ketones is 1. The van der Waals surface area contributed by atoms with Crippen LogP contribution in [0.3, 0.4) is 0 Å². The third kappa shape index (κ3) is 3.10. The summed E-state index contributed by atoms with van der Waals surface area (Å²) in [5.74, 6) is 0.293. The van der Waals surface area contributed by atoms with E-state index in [1.807, 2.05) is 0 Å². The molecule has 4 nitrogen and oxygen atoms in total. The van der Waals surface area contributed by atoms with Crippen molar-refractivity contribution >= 4 is 39.1 Å². The third-order valence-electron chi connectivity index (χ3n) is 5.10. The first kappa shape index (κ1) is 17.0. The van der Waals surface area contributed by atoms with Crippen LogP contribution in [0, 0.1) is 0 Å². The van der Waals surface area contributed by atoms with Crippen LogP contribution in [-0.4, -0.2) is 20.6 Å². The maximum atomic E-state index is 13.2. The van der Waals surface area contributed by atoms with E-state index in [2.05, 4.69) is 6.58 Å². The van der Waals surface area contributed by atoms with Gasteiger partial charge in [-0.3, -0.25) is 14.2 Å². The summed E-state index contributed by atoms with van der Waals surface area (Å²) in [5.41, 5.74) is 1.25. The second-order valence-corrected chi connectivity index (χ2v) is 9.06. The maximum Gasteiger partial charge on any atom is 0.263 e. The molecule has 0 amide bonds. The summed E-state index contributed by atoms with van der Waals surface area (Å²) in [6.45, 7) is 4.23. The molecule has 0 aromatic carbocycles. The molecule has 1 atom stereocenters. The minimum absolute atomic E-state index is 0.0371. The number of aryl methyl sites for hydroxylation is 2. The molecule has 0 radical (unpaired) electrons. The number of carbonyl (C=O) groups is 1. The highest BCUT2D eigenvalue weighted by Gasteiger charge is 2.27. The molecule has 6 heteroatoms. The van der Waals surface area contributed by atoms with E-state index in [1.165, 1.54) is 28.6 Å². The van der Waals surface area contributed by atoms with E-state index in [9.17, 15) is 9.59 Å². The molecular formula is C19H22N2O2S2. The van der Waals surface area contributed by atoms with E-state index < -0.39 is 0 Å². The zero-order valence-corrected chi connectivity index (χ0v) is 15.9. The van der Waals surface area contributed by atoms with Crippen LogP contribution in [0.4, 0.5) is 0 Å². The monoisotopic (exact) mass is 374 g/mol. The van der Waals surface area contributed by atoms with E-state index in [1.54, 1.807) is 22.0 Å². The number of aromatic nitrogens is 2. The number of allylic oxidation sites excluding steroid dienone is 1. The molecule has 2 aromatic rings. The highest BCUT2D eigenvalue weighted by molar-refractivity contribution is 8.00. The summed E-state index contributed by atoms with van der Waals surface area (Å²) in [7, 11) is 0. The van der Waals surface area contributed by atoms with Gasteiger partial charge in [-0.05, 0) is 44.1 Å². The Labute approximate surface area is 155 Å². The van der Waals surface area contributed by atoms with Gasteiger partial charge in [0.05, 0.1) is 10.6 Å². The second-order valence-electron chi connectivity index (χ2n) is 6.81. The van der Waals surface area contributed by atoms with Crippen molar-refractivity contribution in [3.63, 3.8) is 0 Å². The Morgan fingerprint density at radius 1 is 1.20 bits per heavy atom. The van der Waals surface area contributed by atoms with Crippen molar-refractivity contribution in [1.82, 2.24) is 9.55 Å². The highest BCUT2D eigenvalue weighted by atomic mass is 32.2. The van der Waals surface area contributed by atoms with Crippen LogP contribution in [0.1, 0.15) is 49.0 Å². The molecule has 0 spiro atoms. The van der Waals surface area contributed by atoms with Crippen LogP contribution in [0.5, 0.6) is 0 Å². The Bertz CT molecular complexity index is 897. The first-order valence-corrected chi connectivity index (χ1v) is 10.7. The Balaban J connectivity index is 1.82. The summed E-state index contributed by atoms with van der Waals surface area (Å²) in [6.07, 6.45) is 9.70. The normalized spacial score (nSPS) is 20.6. The lowest BCUT2D eigenvalue weighted by molar-refractivity contribution is -0.119. The minimum atomic E-state index is -0.0660. The summed E-state index contributed by atoms with van der Waals surface area (Å²) in [6, 6.07) is 0. The molecule has 2 heterocycles. The average Bonchev–Trinajstić information content (AvgIpc) is 2.98. The van der Waals surface area contributed by atoms with Gasteiger partial charge in [0.1, 0.15) is 10.6 Å². The van der Waals surface area contributed by atoms with Gasteiger partial charge in [0, 0.05) is 17.8 Å². The van der Waals surface area contributed by atoms with Crippen molar-refractivity contribution < 1.29 is 4.79 Å². The number of rotatable bonds is 4. The number of hydrogen-bond acceptors (Lipinski definition) is 5. The van der Waals surface area contributed by atoms with E-state index in [4.69, 9.17) is 4.98 Å². The van der Waals surface area contributed by atoms with Gasteiger partial charge in [-0.1, -0.05) is 24.3 Å². The van der Waals surface area contributed by atoms with Gasteiger partial charge >= 0.3 is 0 Å². The standard InChI is InChI=1S/C19H22N2O2S2/c1-2-11-21-18(23)16-12-7-3-5-9-14(12)24-17(16)20-19(21)25-15-10-6-4-8-13(15)22/h2,15H,1,3-11H2/t15-/m1/s1. The first-order valence-electron chi connectivity index (χ1n) is 9.04. The Kier molecular flexibility index (Phi) is 4.82. The van der Waals surface area contributed by atoms with Crippen molar-refractivity contribution in [1.29, 1.82) is 0 Å². The number of hydrogen-bond donors (Lipinski definition) is 0. The number of nitrogens with zero attached hydrogens (tertiary/aromatic N) is 2. The minimum Gasteiger partial charge on any atom is -0.298 e. The highest BCUT2D eigenvalue weighted by Crippen LogP contribution is 2.36. The van der Waals surface area contributed by atoms with E-state index in [-0.39, 0.29) is 10.8 Å². The number of thioether (sulfide) groups is 1. The molecule has 0 aliphatic heterocycles. The molecule has 2 aliphatic rings. The third-order valence-corrected chi connectivity index (χ3v) is 7.59. The van der Waals surface area contributed by atoms with Gasteiger partial charge in [-0.25, -0.2) is 4.98 Å². The van der Waals surface area contributed by atoms with E-state index in [0.717, 1.165) is 48.7 Å². The summed E-state index contributed by atoms with van der Waals surface area (Å²) in [4.78, 5) is 32.4. The number of fused-ring (bicyclic) bond motifs is 3. The quantitative estimate of drug-likeness (QED) is 0.596. The largest absolute Gasteiger partial charge is 0.298 e. The van der Waals surface area contributed by atoms with Gasteiger partial charge in [0.2, 0.25) is 0 Å². The zero-order chi connectivity index (χ0) is 17.4. The van der Waals surface area contributed by atoms with Crippen molar-refractivity contribution in [3.05, 3.63) is 33.4 Å². The van der Waals surface area contributed by atoms with Crippen LogP contribution >= 0.6 is 23.1 Å². The lowest BCUT2D eigenvalue weighted by Gasteiger charge is -2.20. The van der Waals surface area contributed by atoms with Crippen LogP contribution in [0.2, 0.25) is 0 Å². The lowest BCUT2D eigenvalue weighted by atomic mass is 9.97. The molecule has 0 unspecified atom stereocenters. The van der Waals surface area contributed by atoms with Gasteiger partial charge in [-0.15, -0.1) is 17.9 Å². The number of thiophene rings is 1. The first-order chi connectivity index (χ1) is 12.2. The smallest absolute Gasteiger partial charge is 0.263 e. The molecule has 1 saturated carbocycles.